The number of carbonyl (C=O) groups excluding carboxylic acids is 1. The summed E-state index contributed by atoms with van der Waals surface area (Å²) in [7, 11) is 1.88. The molecular formula is C11H22ClNO. The van der Waals surface area contributed by atoms with E-state index in [2.05, 4.69) is 0 Å². The van der Waals surface area contributed by atoms with E-state index in [1.165, 1.54) is 0 Å². The van der Waals surface area contributed by atoms with E-state index in [9.17, 15) is 4.79 Å². The van der Waals surface area contributed by atoms with E-state index in [0.717, 1.165) is 38.1 Å². The smallest absolute Gasteiger partial charge is 0.225 e. The molecule has 2 nitrogen and oxygen atoms in total. The van der Waals surface area contributed by atoms with Crippen LogP contribution in [-0.4, -0.2) is 30.3 Å². The van der Waals surface area contributed by atoms with Crippen LogP contribution in [0.5, 0.6) is 0 Å². The Balaban J connectivity index is 3.62. The quantitative estimate of drug-likeness (QED) is 0.476. The van der Waals surface area contributed by atoms with Gasteiger partial charge in [0.2, 0.25) is 5.91 Å². The Morgan fingerprint density at radius 3 is 2.50 bits per heavy atom. The number of carbonyl (C=O) groups is 1. The molecule has 0 aromatic heterocycles. The molecule has 0 heterocycles. The predicted molar refractivity (Wildman–Crippen MR) is 61.7 cm³/mol. The number of hydrogen-bond donors (Lipinski definition) is 0. The summed E-state index contributed by atoms with van der Waals surface area (Å²) in [4.78, 5) is 13.5. The maximum absolute atomic E-state index is 11.6. The fourth-order valence-electron chi connectivity index (χ4n) is 1.28. The predicted octanol–water partition coefficient (Wildman–Crippen LogP) is 2.90. The van der Waals surface area contributed by atoms with Crippen LogP contribution in [-0.2, 0) is 4.79 Å². The normalized spacial score (nSPS) is 12.6. The molecule has 0 fully saturated rings. The molecule has 1 amide bonds. The third kappa shape index (κ3) is 5.48. The highest BCUT2D eigenvalue weighted by atomic mass is 35.5. The standard InChI is InChI=1S/C11H22ClNO/c1-4-10(2)11(14)13(3)9-7-5-6-8-12/h10H,4-9H2,1-3H3. The van der Waals surface area contributed by atoms with Gasteiger partial charge in [-0.15, -0.1) is 11.6 Å². The number of amides is 1. The molecule has 0 rings (SSSR count). The second kappa shape index (κ2) is 8.10. The Morgan fingerprint density at radius 2 is 2.00 bits per heavy atom. The van der Waals surface area contributed by atoms with Crippen molar-refractivity contribution in [1.82, 2.24) is 4.90 Å². The van der Waals surface area contributed by atoms with E-state index < -0.39 is 0 Å². The minimum atomic E-state index is 0.160. The molecule has 84 valence electrons. The van der Waals surface area contributed by atoms with Crippen molar-refractivity contribution in [2.24, 2.45) is 5.92 Å². The van der Waals surface area contributed by atoms with Crippen LogP contribution in [0, 0.1) is 5.92 Å². The van der Waals surface area contributed by atoms with Crippen LogP contribution in [0.25, 0.3) is 0 Å². The van der Waals surface area contributed by atoms with Gasteiger partial charge in [0, 0.05) is 25.4 Å². The molecule has 0 aliphatic rings. The van der Waals surface area contributed by atoms with Gasteiger partial charge >= 0.3 is 0 Å². The average molecular weight is 220 g/mol. The van der Waals surface area contributed by atoms with Crippen molar-refractivity contribution in [2.45, 2.75) is 39.5 Å². The molecule has 0 saturated carbocycles. The second-order valence-corrected chi connectivity index (χ2v) is 4.20. The highest BCUT2D eigenvalue weighted by Gasteiger charge is 2.14. The molecule has 0 aliphatic heterocycles. The van der Waals surface area contributed by atoms with Crippen LogP contribution in [0.3, 0.4) is 0 Å². The lowest BCUT2D eigenvalue weighted by Crippen LogP contribution is -2.32. The van der Waals surface area contributed by atoms with Gasteiger partial charge < -0.3 is 4.90 Å². The first-order valence-electron chi connectivity index (χ1n) is 5.44. The molecule has 0 aromatic rings. The molecule has 0 aromatic carbocycles. The molecule has 3 heteroatoms. The number of nitrogens with zero attached hydrogens (tertiary/aromatic N) is 1. The summed E-state index contributed by atoms with van der Waals surface area (Å²) in [6.45, 7) is 4.89. The van der Waals surface area contributed by atoms with Crippen LogP contribution in [0.2, 0.25) is 0 Å². The van der Waals surface area contributed by atoms with Crippen molar-refractivity contribution in [3.8, 4) is 0 Å². The third-order valence-electron chi connectivity index (χ3n) is 2.54. The number of alkyl halides is 1. The highest BCUT2D eigenvalue weighted by molar-refractivity contribution is 6.17. The Morgan fingerprint density at radius 1 is 1.36 bits per heavy atom. The van der Waals surface area contributed by atoms with E-state index in [-0.39, 0.29) is 11.8 Å². The van der Waals surface area contributed by atoms with Crippen LogP contribution in [0.15, 0.2) is 0 Å². The first-order chi connectivity index (χ1) is 6.63. The zero-order chi connectivity index (χ0) is 11.0. The van der Waals surface area contributed by atoms with Gasteiger partial charge in [0.15, 0.2) is 0 Å². The Labute approximate surface area is 92.6 Å². The molecule has 0 aliphatic carbocycles. The molecule has 1 atom stereocenters. The van der Waals surface area contributed by atoms with Gasteiger partial charge in [0.1, 0.15) is 0 Å². The molecule has 1 unspecified atom stereocenters. The van der Waals surface area contributed by atoms with E-state index in [1.807, 2.05) is 25.8 Å². The van der Waals surface area contributed by atoms with Crippen molar-refractivity contribution >= 4 is 17.5 Å². The summed E-state index contributed by atoms with van der Waals surface area (Å²) in [5.41, 5.74) is 0. The minimum absolute atomic E-state index is 0.160. The molecule has 0 N–H and O–H groups in total. The van der Waals surface area contributed by atoms with Crippen LogP contribution in [0.4, 0.5) is 0 Å². The first-order valence-corrected chi connectivity index (χ1v) is 5.97. The fourth-order valence-corrected chi connectivity index (χ4v) is 1.47. The van der Waals surface area contributed by atoms with E-state index in [1.54, 1.807) is 0 Å². The summed E-state index contributed by atoms with van der Waals surface area (Å²) >= 11 is 5.57. The number of hydrogen-bond acceptors (Lipinski definition) is 1. The molecule has 0 saturated heterocycles. The summed E-state index contributed by atoms with van der Waals surface area (Å²) in [5.74, 6) is 1.15. The van der Waals surface area contributed by atoms with Gasteiger partial charge in [0.05, 0.1) is 0 Å². The molecule has 0 spiro atoms. The topological polar surface area (TPSA) is 20.3 Å². The third-order valence-corrected chi connectivity index (χ3v) is 2.80. The molecule has 0 bridgehead atoms. The average Bonchev–Trinajstić information content (AvgIpc) is 2.21. The minimum Gasteiger partial charge on any atom is -0.346 e. The van der Waals surface area contributed by atoms with Gasteiger partial charge in [0.25, 0.3) is 0 Å². The maximum Gasteiger partial charge on any atom is 0.225 e. The van der Waals surface area contributed by atoms with Crippen LogP contribution >= 0.6 is 11.6 Å². The van der Waals surface area contributed by atoms with Crippen LogP contribution in [0.1, 0.15) is 39.5 Å². The number of rotatable bonds is 7. The number of unbranched alkanes of at least 4 members (excludes halogenated alkanes) is 2. The summed E-state index contributed by atoms with van der Waals surface area (Å²) in [5, 5.41) is 0. The Kier molecular flexibility index (Phi) is 7.96. The van der Waals surface area contributed by atoms with Crippen LogP contribution < -0.4 is 0 Å². The monoisotopic (exact) mass is 219 g/mol. The largest absolute Gasteiger partial charge is 0.346 e. The molecular weight excluding hydrogens is 198 g/mol. The van der Waals surface area contributed by atoms with Crippen molar-refractivity contribution < 1.29 is 4.79 Å². The van der Waals surface area contributed by atoms with Crippen molar-refractivity contribution in [3.05, 3.63) is 0 Å². The van der Waals surface area contributed by atoms with E-state index in [0.29, 0.717) is 0 Å². The summed E-state index contributed by atoms with van der Waals surface area (Å²) in [6.07, 6.45) is 4.14. The summed E-state index contributed by atoms with van der Waals surface area (Å²) in [6, 6.07) is 0. The lowest BCUT2D eigenvalue weighted by Gasteiger charge is -2.20. The van der Waals surface area contributed by atoms with Gasteiger partial charge in [-0.05, 0) is 19.3 Å². The van der Waals surface area contributed by atoms with Crippen molar-refractivity contribution in [1.29, 1.82) is 0 Å². The Hall–Kier alpha value is -0.240. The Bertz CT molecular complexity index is 161. The number of halogens is 1. The van der Waals surface area contributed by atoms with Crippen molar-refractivity contribution in [2.75, 3.05) is 19.5 Å². The SMILES string of the molecule is CCC(C)C(=O)N(C)CCCCCCl. The van der Waals surface area contributed by atoms with Gasteiger partial charge in [-0.1, -0.05) is 20.3 Å². The zero-order valence-corrected chi connectivity index (χ0v) is 10.3. The molecule has 14 heavy (non-hydrogen) atoms. The fraction of sp³-hybridized carbons (Fsp3) is 0.909. The van der Waals surface area contributed by atoms with Gasteiger partial charge in [-0.2, -0.15) is 0 Å². The van der Waals surface area contributed by atoms with Crippen molar-refractivity contribution in [3.63, 3.8) is 0 Å². The maximum atomic E-state index is 11.6. The van der Waals surface area contributed by atoms with E-state index >= 15 is 0 Å². The lowest BCUT2D eigenvalue weighted by molar-refractivity contribution is -0.133. The second-order valence-electron chi connectivity index (χ2n) is 3.82. The zero-order valence-electron chi connectivity index (χ0n) is 9.55. The summed E-state index contributed by atoms with van der Waals surface area (Å²) < 4.78 is 0. The van der Waals surface area contributed by atoms with E-state index in [4.69, 9.17) is 11.6 Å². The highest BCUT2D eigenvalue weighted by Crippen LogP contribution is 2.06. The molecule has 0 radical (unpaired) electrons. The van der Waals surface area contributed by atoms with Gasteiger partial charge in [-0.25, -0.2) is 0 Å². The van der Waals surface area contributed by atoms with Gasteiger partial charge in [-0.3, -0.25) is 4.79 Å². The lowest BCUT2D eigenvalue weighted by atomic mass is 10.1. The first kappa shape index (κ1) is 13.8.